The highest BCUT2D eigenvalue weighted by Gasteiger charge is 2.45. The predicted molar refractivity (Wildman–Crippen MR) is 74.9 cm³/mol. The first-order chi connectivity index (χ1) is 9.59. The maximum absolute atomic E-state index is 13.0. The number of hydrogen-bond donors (Lipinski definition) is 2. The molecule has 1 aromatic rings. The van der Waals surface area contributed by atoms with Gasteiger partial charge in [-0.05, 0) is 24.0 Å². The van der Waals surface area contributed by atoms with E-state index in [-0.39, 0.29) is 17.9 Å². The standard InChI is InChI=1S/C15H20F3NO2/c1-4-8-14(9(2)3,13(20)21)10-6-5-7-11(12(10)19)15(16,17)18/h5-7,9H,4,8,19H2,1-3H3,(H,20,21). The molecule has 21 heavy (non-hydrogen) atoms. The fourth-order valence-electron chi connectivity index (χ4n) is 2.80. The summed E-state index contributed by atoms with van der Waals surface area (Å²) in [5.74, 6) is -1.54. The Labute approximate surface area is 122 Å². The van der Waals surface area contributed by atoms with Gasteiger partial charge in [0.15, 0.2) is 0 Å². The largest absolute Gasteiger partial charge is 0.481 e. The lowest BCUT2D eigenvalue weighted by atomic mass is 9.68. The Balaban J connectivity index is 3.64. The number of carbonyl (C=O) groups is 1. The van der Waals surface area contributed by atoms with Crippen molar-refractivity contribution < 1.29 is 23.1 Å². The number of nitrogen functional groups attached to an aromatic ring is 1. The number of rotatable bonds is 5. The van der Waals surface area contributed by atoms with Gasteiger partial charge in [0, 0.05) is 5.69 Å². The van der Waals surface area contributed by atoms with Crippen LogP contribution in [0.3, 0.4) is 0 Å². The van der Waals surface area contributed by atoms with Crippen molar-refractivity contribution in [1.82, 2.24) is 0 Å². The molecule has 0 saturated heterocycles. The van der Waals surface area contributed by atoms with Crippen LogP contribution < -0.4 is 5.73 Å². The second kappa shape index (κ2) is 5.95. The molecule has 0 radical (unpaired) electrons. The minimum absolute atomic E-state index is 0.0432. The van der Waals surface area contributed by atoms with Crippen LogP contribution in [0.5, 0.6) is 0 Å². The quantitative estimate of drug-likeness (QED) is 0.806. The van der Waals surface area contributed by atoms with Crippen LogP contribution in [0.1, 0.15) is 44.7 Å². The summed E-state index contributed by atoms with van der Waals surface area (Å²) in [6, 6.07) is 3.47. The number of carboxylic acid groups (broad SMARTS) is 1. The third kappa shape index (κ3) is 2.99. The SMILES string of the molecule is CCCC(C(=O)O)(c1cccc(C(F)(F)F)c1N)C(C)C. The van der Waals surface area contributed by atoms with Crippen LogP contribution in [-0.2, 0) is 16.4 Å². The summed E-state index contributed by atoms with van der Waals surface area (Å²) in [5.41, 5.74) is 2.83. The Morgan fingerprint density at radius 3 is 2.19 bits per heavy atom. The highest BCUT2D eigenvalue weighted by Crippen LogP contribution is 2.44. The molecule has 0 aliphatic heterocycles. The second-order valence-electron chi connectivity index (χ2n) is 5.45. The number of carboxylic acids is 1. The molecule has 0 aliphatic rings. The zero-order chi connectivity index (χ0) is 16.4. The van der Waals surface area contributed by atoms with Gasteiger partial charge in [0.05, 0.1) is 11.0 Å². The average Bonchev–Trinajstić information content (AvgIpc) is 2.34. The van der Waals surface area contributed by atoms with Crippen LogP contribution in [0.4, 0.5) is 18.9 Å². The maximum Gasteiger partial charge on any atom is 0.418 e. The minimum atomic E-state index is -4.60. The van der Waals surface area contributed by atoms with Crippen LogP contribution in [-0.4, -0.2) is 11.1 Å². The molecule has 1 unspecified atom stereocenters. The van der Waals surface area contributed by atoms with E-state index in [0.717, 1.165) is 6.07 Å². The summed E-state index contributed by atoms with van der Waals surface area (Å²) < 4.78 is 38.9. The number of para-hydroxylation sites is 1. The minimum Gasteiger partial charge on any atom is -0.481 e. The second-order valence-corrected chi connectivity index (χ2v) is 5.45. The molecule has 3 nitrogen and oxygen atoms in total. The van der Waals surface area contributed by atoms with Gasteiger partial charge in [-0.25, -0.2) is 0 Å². The zero-order valence-corrected chi connectivity index (χ0v) is 12.3. The lowest BCUT2D eigenvalue weighted by molar-refractivity contribution is -0.146. The summed E-state index contributed by atoms with van der Waals surface area (Å²) in [4.78, 5) is 11.8. The van der Waals surface area contributed by atoms with Gasteiger partial charge in [0.25, 0.3) is 0 Å². The predicted octanol–water partition coefficient (Wildman–Crippen LogP) is 4.07. The number of alkyl halides is 3. The molecule has 6 heteroatoms. The van der Waals surface area contributed by atoms with Gasteiger partial charge in [-0.15, -0.1) is 0 Å². The van der Waals surface area contributed by atoms with Crippen molar-refractivity contribution in [3.05, 3.63) is 29.3 Å². The number of nitrogens with two attached hydrogens (primary N) is 1. The molecule has 0 amide bonds. The smallest absolute Gasteiger partial charge is 0.418 e. The van der Waals surface area contributed by atoms with Crippen LogP contribution in [0.25, 0.3) is 0 Å². The molecule has 3 N–H and O–H groups in total. The Morgan fingerprint density at radius 1 is 1.29 bits per heavy atom. The molecular weight excluding hydrogens is 283 g/mol. The van der Waals surface area contributed by atoms with Crippen molar-refractivity contribution in [2.24, 2.45) is 5.92 Å². The number of benzene rings is 1. The van der Waals surface area contributed by atoms with Gasteiger partial charge < -0.3 is 10.8 Å². The first-order valence-electron chi connectivity index (χ1n) is 6.78. The molecule has 0 bridgehead atoms. The topological polar surface area (TPSA) is 63.3 Å². The summed E-state index contributed by atoms with van der Waals surface area (Å²) >= 11 is 0. The maximum atomic E-state index is 13.0. The van der Waals surface area contributed by atoms with Crippen molar-refractivity contribution >= 4 is 11.7 Å². The number of halogens is 3. The van der Waals surface area contributed by atoms with Crippen LogP contribution >= 0.6 is 0 Å². The molecule has 1 aromatic carbocycles. The van der Waals surface area contributed by atoms with Gasteiger partial charge in [0.1, 0.15) is 0 Å². The molecule has 0 saturated carbocycles. The van der Waals surface area contributed by atoms with Crippen molar-refractivity contribution in [3.8, 4) is 0 Å². The normalized spacial score (nSPS) is 15.0. The van der Waals surface area contributed by atoms with Crippen LogP contribution in [0.15, 0.2) is 18.2 Å². The average molecular weight is 303 g/mol. The van der Waals surface area contributed by atoms with E-state index in [1.807, 2.05) is 0 Å². The molecule has 0 aromatic heterocycles. The molecule has 0 fully saturated rings. The molecule has 1 rings (SSSR count). The van der Waals surface area contributed by atoms with Gasteiger partial charge in [-0.3, -0.25) is 4.79 Å². The van der Waals surface area contributed by atoms with Crippen molar-refractivity contribution in [1.29, 1.82) is 0 Å². The first kappa shape index (κ1) is 17.3. The molecule has 0 heterocycles. The summed E-state index contributed by atoms with van der Waals surface area (Å²) in [6.45, 7) is 5.16. The number of anilines is 1. The number of hydrogen-bond acceptors (Lipinski definition) is 2. The summed E-state index contributed by atoms with van der Waals surface area (Å²) in [6.07, 6.45) is -3.85. The highest BCUT2D eigenvalue weighted by molar-refractivity contribution is 5.84. The fourth-order valence-corrected chi connectivity index (χ4v) is 2.80. The Hall–Kier alpha value is -1.72. The monoisotopic (exact) mass is 303 g/mol. The zero-order valence-electron chi connectivity index (χ0n) is 12.3. The highest BCUT2D eigenvalue weighted by atomic mass is 19.4. The molecule has 118 valence electrons. The van der Waals surface area contributed by atoms with E-state index in [2.05, 4.69) is 0 Å². The molecule has 0 spiro atoms. The van der Waals surface area contributed by atoms with Gasteiger partial charge in [0.2, 0.25) is 0 Å². The van der Waals surface area contributed by atoms with Gasteiger partial charge in [-0.1, -0.05) is 39.3 Å². The lowest BCUT2D eigenvalue weighted by Gasteiger charge is -2.35. The molecule has 0 aliphatic carbocycles. The van der Waals surface area contributed by atoms with Crippen molar-refractivity contribution in [3.63, 3.8) is 0 Å². The van der Waals surface area contributed by atoms with E-state index in [0.29, 0.717) is 6.42 Å². The van der Waals surface area contributed by atoms with Gasteiger partial charge in [-0.2, -0.15) is 13.2 Å². The summed E-state index contributed by atoms with van der Waals surface area (Å²) in [5, 5.41) is 9.66. The van der Waals surface area contributed by atoms with E-state index in [4.69, 9.17) is 5.73 Å². The Bertz CT molecular complexity index is 526. The van der Waals surface area contributed by atoms with E-state index in [1.165, 1.54) is 12.1 Å². The third-order valence-corrected chi connectivity index (χ3v) is 3.90. The molecule has 1 atom stereocenters. The Morgan fingerprint density at radius 2 is 1.81 bits per heavy atom. The Kier molecular flexibility index (Phi) is 4.91. The van der Waals surface area contributed by atoms with Crippen LogP contribution in [0.2, 0.25) is 0 Å². The van der Waals surface area contributed by atoms with E-state index < -0.39 is 28.8 Å². The third-order valence-electron chi connectivity index (χ3n) is 3.90. The summed E-state index contributed by atoms with van der Waals surface area (Å²) in [7, 11) is 0. The number of aliphatic carboxylic acids is 1. The van der Waals surface area contributed by atoms with Crippen molar-refractivity contribution in [2.75, 3.05) is 5.73 Å². The fraction of sp³-hybridized carbons (Fsp3) is 0.533. The van der Waals surface area contributed by atoms with E-state index in [1.54, 1.807) is 20.8 Å². The first-order valence-corrected chi connectivity index (χ1v) is 6.78. The van der Waals surface area contributed by atoms with E-state index in [9.17, 15) is 23.1 Å². The van der Waals surface area contributed by atoms with Crippen molar-refractivity contribution in [2.45, 2.75) is 45.2 Å². The molecular formula is C15H20F3NO2. The van der Waals surface area contributed by atoms with E-state index >= 15 is 0 Å². The lowest BCUT2D eigenvalue weighted by Crippen LogP contribution is -2.41. The van der Waals surface area contributed by atoms with Crippen LogP contribution in [0, 0.1) is 5.92 Å². The van der Waals surface area contributed by atoms with Gasteiger partial charge >= 0.3 is 12.1 Å².